The maximum absolute atomic E-state index is 12.8. The lowest BCUT2D eigenvalue weighted by Crippen LogP contribution is -2.45. The van der Waals surface area contributed by atoms with Crippen molar-refractivity contribution in [2.45, 2.75) is 31.9 Å². The second kappa shape index (κ2) is 6.62. The largest absolute Gasteiger partial charge is 0.416 e. The monoisotopic (exact) mass is 335 g/mol. The number of hydrogen-bond acceptors (Lipinski definition) is 3. The molecule has 3 heterocycles. The summed E-state index contributed by atoms with van der Waals surface area (Å²) in [4.78, 5) is 6.11. The number of anilines is 1. The lowest BCUT2D eigenvalue weighted by atomic mass is 9.71. The minimum Gasteiger partial charge on any atom is -0.357 e. The zero-order chi connectivity index (χ0) is 14.9. The average molecular weight is 336 g/mol. The Bertz CT molecular complexity index is 491. The molecule has 0 saturated carbocycles. The quantitative estimate of drug-likeness (QED) is 0.851. The van der Waals surface area contributed by atoms with Crippen LogP contribution in [0.25, 0.3) is 0 Å². The fourth-order valence-electron chi connectivity index (χ4n) is 3.43. The molecule has 1 aromatic heterocycles. The van der Waals surface area contributed by atoms with Crippen molar-refractivity contribution >= 4 is 18.2 Å². The first-order valence-corrected chi connectivity index (χ1v) is 7.48. The van der Waals surface area contributed by atoms with Gasteiger partial charge in [-0.1, -0.05) is 0 Å². The molecule has 1 N–H and O–H groups in total. The van der Waals surface area contributed by atoms with Gasteiger partial charge in [-0.2, -0.15) is 13.2 Å². The third-order valence-corrected chi connectivity index (χ3v) is 4.89. The summed E-state index contributed by atoms with van der Waals surface area (Å²) < 4.78 is 38.3. The van der Waals surface area contributed by atoms with Crippen molar-refractivity contribution in [3.05, 3.63) is 23.9 Å². The van der Waals surface area contributed by atoms with Crippen LogP contribution in [0.4, 0.5) is 19.0 Å². The zero-order valence-electron chi connectivity index (χ0n) is 12.3. The van der Waals surface area contributed by atoms with Crippen molar-refractivity contribution in [3.63, 3.8) is 0 Å². The highest BCUT2D eigenvalue weighted by atomic mass is 35.5. The second-order valence-corrected chi connectivity index (χ2v) is 6.14. The van der Waals surface area contributed by atoms with E-state index >= 15 is 0 Å². The van der Waals surface area contributed by atoms with E-state index in [1.807, 2.05) is 4.90 Å². The van der Waals surface area contributed by atoms with Gasteiger partial charge in [-0.15, -0.1) is 12.4 Å². The zero-order valence-corrected chi connectivity index (χ0v) is 13.1. The van der Waals surface area contributed by atoms with Crippen LogP contribution in [0.15, 0.2) is 18.3 Å². The minimum atomic E-state index is -4.30. The summed E-state index contributed by atoms with van der Waals surface area (Å²) in [5.74, 6) is 0.452. The maximum Gasteiger partial charge on any atom is 0.416 e. The molecule has 7 heteroatoms. The van der Waals surface area contributed by atoms with E-state index in [0.717, 1.165) is 45.1 Å². The summed E-state index contributed by atoms with van der Waals surface area (Å²) in [6, 6.07) is 2.20. The molecular weight excluding hydrogens is 315 g/mol. The summed E-state index contributed by atoms with van der Waals surface area (Å²) in [5, 5.41) is 3.37. The van der Waals surface area contributed by atoms with E-state index < -0.39 is 11.7 Å². The summed E-state index contributed by atoms with van der Waals surface area (Å²) in [6.07, 6.45) is 1.41. The van der Waals surface area contributed by atoms with Crippen molar-refractivity contribution < 1.29 is 13.2 Å². The fourth-order valence-corrected chi connectivity index (χ4v) is 3.43. The van der Waals surface area contributed by atoms with Gasteiger partial charge in [0.2, 0.25) is 0 Å². The first kappa shape index (κ1) is 17.3. The molecule has 2 saturated heterocycles. The van der Waals surface area contributed by atoms with Crippen LogP contribution in [-0.4, -0.2) is 31.2 Å². The molecule has 124 valence electrons. The predicted molar refractivity (Wildman–Crippen MR) is 82.5 cm³/mol. The standard InChI is InChI=1S/C15H20F3N3.ClH/c16-15(17,18)12-1-6-20-13(11-12)21-9-4-14(5-10-21)2-7-19-8-3-14;/h1,6,11,19H,2-5,7-10H2;1H. The van der Waals surface area contributed by atoms with Gasteiger partial charge in [-0.3, -0.25) is 0 Å². The smallest absolute Gasteiger partial charge is 0.357 e. The molecule has 0 radical (unpaired) electrons. The van der Waals surface area contributed by atoms with Crippen molar-refractivity contribution in [1.29, 1.82) is 0 Å². The van der Waals surface area contributed by atoms with Crippen LogP contribution in [-0.2, 0) is 6.18 Å². The molecule has 2 fully saturated rings. The summed E-state index contributed by atoms with van der Waals surface area (Å²) >= 11 is 0. The number of piperidine rings is 2. The Kier molecular flexibility index (Phi) is 5.22. The highest BCUT2D eigenvalue weighted by molar-refractivity contribution is 5.85. The minimum absolute atomic E-state index is 0. The number of nitrogens with zero attached hydrogens (tertiary/aromatic N) is 2. The Morgan fingerprint density at radius 1 is 1.09 bits per heavy atom. The second-order valence-electron chi connectivity index (χ2n) is 6.14. The van der Waals surface area contributed by atoms with E-state index in [2.05, 4.69) is 10.3 Å². The van der Waals surface area contributed by atoms with E-state index in [-0.39, 0.29) is 12.4 Å². The highest BCUT2D eigenvalue weighted by Crippen LogP contribution is 2.40. The normalized spacial score (nSPS) is 21.5. The van der Waals surface area contributed by atoms with Crippen molar-refractivity contribution in [2.24, 2.45) is 5.41 Å². The fraction of sp³-hybridized carbons (Fsp3) is 0.667. The Labute approximate surface area is 134 Å². The average Bonchev–Trinajstić information content (AvgIpc) is 2.48. The van der Waals surface area contributed by atoms with E-state index in [9.17, 15) is 13.2 Å². The molecule has 2 aliphatic rings. The topological polar surface area (TPSA) is 28.2 Å². The Hall–Kier alpha value is -1.01. The number of aromatic nitrogens is 1. The Balaban J connectivity index is 0.00000176. The molecule has 0 unspecified atom stereocenters. The molecule has 1 spiro atoms. The van der Waals surface area contributed by atoms with Gasteiger partial charge in [0.15, 0.2) is 0 Å². The molecule has 0 atom stereocenters. The Morgan fingerprint density at radius 2 is 1.73 bits per heavy atom. The molecule has 0 amide bonds. The molecule has 3 rings (SSSR count). The maximum atomic E-state index is 12.8. The highest BCUT2D eigenvalue weighted by Gasteiger charge is 2.36. The SMILES string of the molecule is Cl.FC(F)(F)c1ccnc(N2CCC3(CCNCC3)CC2)c1. The van der Waals surface area contributed by atoms with E-state index in [0.29, 0.717) is 11.2 Å². The van der Waals surface area contributed by atoms with Crippen molar-refractivity contribution in [1.82, 2.24) is 10.3 Å². The molecule has 3 nitrogen and oxygen atoms in total. The lowest BCUT2D eigenvalue weighted by Gasteiger charge is -2.44. The number of rotatable bonds is 1. The molecule has 2 aliphatic heterocycles. The van der Waals surface area contributed by atoms with Gasteiger partial charge in [0.05, 0.1) is 5.56 Å². The first-order chi connectivity index (χ1) is 9.99. The van der Waals surface area contributed by atoms with Crippen LogP contribution in [0.3, 0.4) is 0 Å². The molecule has 0 aromatic carbocycles. The molecular formula is C15H21ClF3N3. The van der Waals surface area contributed by atoms with Gasteiger partial charge < -0.3 is 10.2 Å². The predicted octanol–water partition coefficient (Wildman–Crippen LogP) is 3.49. The molecule has 22 heavy (non-hydrogen) atoms. The van der Waals surface area contributed by atoms with Gasteiger partial charge in [-0.25, -0.2) is 4.98 Å². The number of halogens is 4. The van der Waals surface area contributed by atoms with Crippen molar-refractivity contribution in [2.75, 3.05) is 31.1 Å². The van der Waals surface area contributed by atoms with Gasteiger partial charge in [0.25, 0.3) is 0 Å². The van der Waals surface area contributed by atoms with Gasteiger partial charge >= 0.3 is 6.18 Å². The molecule has 0 bridgehead atoms. The van der Waals surface area contributed by atoms with E-state index in [4.69, 9.17) is 0 Å². The third kappa shape index (κ3) is 3.66. The molecule has 1 aromatic rings. The summed E-state index contributed by atoms with van der Waals surface area (Å²) in [7, 11) is 0. The Morgan fingerprint density at radius 3 is 2.32 bits per heavy atom. The summed E-state index contributed by atoms with van der Waals surface area (Å²) in [6.45, 7) is 3.71. The van der Waals surface area contributed by atoms with Gasteiger partial charge in [0.1, 0.15) is 5.82 Å². The molecule has 0 aliphatic carbocycles. The van der Waals surface area contributed by atoms with Gasteiger partial charge in [0, 0.05) is 19.3 Å². The number of nitrogens with one attached hydrogen (secondary N) is 1. The van der Waals surface area contributed by atoms with E-state index in [1.54, 1.807) is 0 Å². The number of alkyl halides is 3. The van der Waals surface area contributed by atoms with Crippen LogP contribution in [0, 0.1) is 5.41 Å². The van der Waals surface area contributed by atoms with Crippen molar-refractivity contribution in [3.8, 4) is 0 Å². The third-order valence-electron chi connectivity index (χ3n) is 4.89. The van der Waals surface area contributed by atoms with Crippen LogP contribution in [0.2, 0.25) is 0 Å². The first-order valence-electron chi connectivity index (χ1n) is 7.48. The number of pyridine rings is 1. The van der Waals surface area contributed by atoms with Crippen LogP contribution >= 0.6 is 12.4 Å². The number of hydrogen-bond donors (Lipinski definition) is 1. The van der Waals surface area contributed by atoms with E-state index in [1.165, 1.54) is 25.1 Å². The summed E-state index contributed by atoms with van der Waals surface area (Å²) in [5.41, 5.74) is -0.224. The van der Waals surface area contributed by atoms with Gasteiger partial charge in [-0.05, 0) is 56.3 Å². The van der Waals surface area contributed by atoms with Crippen LogP contribution < -0.4 is 10.2 Å². The lowest BCUT2D eigenvalue weighted by molar-refractivity contribution is -0.137. The van der Waals surface area contributed by atoms with Crippen LogP contribution in [0.5, 0.6) is 0 Å². The van der Waals surface area contributed by atoms with Crippen LogP contribution in [0.1, 0.15) is 31.2 Å².